The van der Waals surface area contributed by atoms with Gasteiger partial charge in [0.2, 0.25) is 41.7 Å². The minimum absolute atomic E-state index is 0.0301. The number of aliphatic hydroxyl groups is 3. The molecule has 3 aromatic carbocycles. The Balaban J connectivity index is 1.38. The third-order valence-electron chi connectivity index (χ3n) is 12.2. The van der Waals surface area contributed by atoms with E-state index in [2.05, 4.69) is 16.0 Å². The topological polar surface area (TPSA) is 246 Å². The standard InChI is InChI=1S/C46H58N6O13/c1-23-40(56)48-24(2)43(59)50(5)32(19-27-9-14-30(62-8)15-10-27)42(58)49-25(3)44(60)52(7)34-20-28-11-16-31(17-12-28)64-36-22-29(21-33(41(57)47-23)51(6)45(34)61)13-18-35(36)65-46-39(55)38(54)37(53)26(4)63-46/h9-18,22-26,32-34,37-39,46,53-55H,19-21H2,1-8H3,(H,47,57)(H,48,56)(H,49,58)/t23-,24+,25+,26+,32+,33+,34+,37+,38-,39-,46-/m1/s1. The van der Waals surface area contributed by atoms with Crippen molar-refractivity contribution in [3.63, 3.8) is 0 Å². The van der Waals surface area contributed by atoms with Gasteiger partial charge in [0.1, 0.15) is 66.1 Å². The van der Waals surface area contributed by atoms with Gasteiger partial charge in [-0.3, -0.25) is 28.8 Å². The quantitative estimate of drug-likeness (QED) is 0.199. The van der Waals surface area contributed by atoms with Crippen LogP contribution in [0, 0.1) is 0 Å². The minimum atomic E-state index is -1.62. The van der Waals surface area contributed by atoms with Gasteiger partial charge in [-0.15, -0.1) is 0 Å². The van der Waals surface area contributed by atoms with Crippen LogP contribution in [0.1, 0.15) is 44.4 Å². The second-order valence-corrected chi connectivity index (χ2v) is 16.9. The summed E-state index contributed by atoms with van der Waals surface area (Å²) in [6.07, 6.45) is -6.97. The molecule has 0 radical (unpaired) electrons. The number of carbonyl (C=O) groups is 6. The fourth-order valence-electron chi connectivity index (χ4n) is 8.00. The van der Waals surface area contributed by atoms with Crippen molar-refractivity contribution >= 4 is 35.4 Å². The third-order valence-corrected chi connectivity index (χ3v) is 12.2. The monoisotopic (exact) mass is 902 g/mol. The van der Waals surface area contributed by atoms with Gasteiger partial charge >= 0.3 is 0 Å². The molecule has 6 N–H and O–H groups in total. The average molecular weight is 903 g/mol. The number of likely N-dealkylation sites (N-methyl/N-ethyl adjacent to an activating group) is 3. The lowest BCUT2D eigenvalue weighted by atomic mass is 9.98. The number of rotatable bonds is 5. The fraction of sp³-hybridized carbons (Fsp3) is 0.478. The first-order valence-corrected chi connectivity index (χ1v) is 21.4. The van der Waals surface area contributed by atoms with Gasteiger partial charge in [-0.25, -0.2) is 0 Å². The van der Waals surface area contributed by atoms with E-state index in [1.165, 1.54) is 76.7 Å². The van der Waals surface area contributed by atoms with Gasteiger partial charge in [0.05, 0.1) is 13.2 Å². The molecule has 6 bridgehead atoms. The smallest absolute Gasteiger partial charge is 0.246 e. The number of methoxy groups -OCH3 is 1. The third kappa shape index (κ3) is 10.8. The van der Waals surface area contributed by atoms with Crippen LogP contribution in [0.15, 0.2) is 66.7 Å². The summed E-state index contributed by atoms with van der Waals surface area (Å²) in [5, 5.41) is 39.5. The van der Waals surface area contributed by atoms with Gasteiger partial charge < -0.3 is 64.9 Å². The first kappa shape index (κ1) is 48.2. The Morgan fingerprint density at radius 1 is 0.631 bits per heavy atom. The summed E-state index contributed by atoms with van der Waals surface area (Å²) in [5.74, 6) is -2.83. The molecule has 0 aliphatic carbocycles. The van der Waals surface area contributed by atoms with Gasteiger partial charge in [0.25, 0.3) is 0 Å². The molecule has 4 aliphatic heterocycles. The molecule has 4 heterocycles. The Kier molecular flexibility index (Phi) is 15.0. The van der Waals surface area contributed by atoms with E-state index in [1.807, 2.05) is 0 Å². The highest BCUT2D eigenvalue weighted by atomic mass is 16.7. The molecule has 19 heteroatoms. The molecule has 2 fully saturated rings. The van der Waals surface area contributed by atoms with Crippen LogP contribution in [-0.4, -0.2) is 161 Å². The van der Waals surface area contributed by atoms with Crippen molar-refractivity contribution in [1.29, 1.82) is 0 Å². The van der Waals surface area contributed by atoms with Crippen LogP contribution in [0.2, 0.25) is 0 Å². The van der Waals surface area contributed by atoms with Crippen LogP contribution in [0.3, 0.4) is 0 Å². The minimum Gasteiger partial charge on any atom is -0.497 e. The first-order valence-electron chi connectivity index (χ1n) is 21.4. The predicted molar refractivity (Wildman–Crippen MR) is 233 cm³/mol. The molecule has 0 unspecified atom stereocenters. The zero-order chi connectivity index (χ0) is 47.4. The largest absolute Gasteiger partial charge is 0.497 e. The summed E-state index contributed by atoms with van der Waals surface area (Å²) in [7, 11) is 5.80. The van der Waals surface area contributed by atoms with Crippen molar-refractivity contribution in [2.75, 3.05) is 28.3 Å². The number of hydrogen-bond acceptors (Lipinski definition) is 13. The highest BCUT2D eigenvalue weighted by Crippen LogP contribution is 2.36. The number of hydrogen-bond donors (Lipinski definition) is 6. The Hall–Kier alpha value is -6.28. The SMILES string of the molecule is COc1ccc(C[C@H]2C(=O)N[C@@H](C)C(=O)N(C)[C@H]3Cc4ccc(cc4)Oc4cc(ccc4O[C@H]4O[C@@H](C)[C@H](O)[C@@H](O)[C@H]4O)C[C@@H](C(=O)N[C@H](C)C(=O)N[C@@H](C)C(=O)N2C)N(C)C3=O)cc1. The Morgan fingerprint density at radius 2 is 1.20 bits per heavy atom. The van der Waals surface area contributed by atoms with Crippen LogP contribution in [0.4, 0.5) is 0 Å². The normalized spacial score (nSPS) is 29.8. The molecule has 7 rings (SSSR count). The van der Waals surface area contributed by atoms with Crippen LogP contribution in [0.5, 0.6) is 23.0 Å². The van der Waals surface area contributed by atoms with Crippen molar-refractivity contribution in [1.82, 2.24) is 30.7 Å². The van der Waals surface area contributed by atoms with Gasteiger partial charge in [-0.1, -0.05) is 30.3 Å². The molecule has 11 atom stereocenters. The van der Waals surface area contributed by atoms with Crippen molar-refractivity contribution < 1.29 is 63.0 Å². The summed E-state index contributed by atoms with van der Waals surface area (Å²) >= 11 is 0. The molecule has 4 aliphatic rings. The van der Waals surface area contributed by atoms with Gasteiger partial charge in [-0.2, -0.15) is 0 Å². The van der Waals surface area contributed by atoms with E-state index in [0.717, 1.165) is 0 Å². The van der Waals surface area contributed by atoms with Crippen LogP contribution in [-0.2, 0) is 52.8 Å². The van der Waals surface area contributed by atoms with E-state index < -0.39 is 102 Å². The molecule has 6 amide bonds. The highest BCUT2D eigenvalue weighted by Gasteiger charge is 2.44. The zero-order valence-electron chi connectivity index (χ0n) is 37.6. The van der Waals surface area contributed by atoms with Gasteiger partial charge in [-0.05, 0) is 80.8 Å². The van der Waals surface area contributed by atoms with Crippen LogP contribution >= 0.6 is 0 Å². The molecule has 19 nitrogen and oxygen atoms in total. The molecule has 0 saturated carbocycles. The van der Waals surface area contributed by atoms with Crippen molar-refractivity contribution in [2.45, 2.75) is 114 Å². The van der Waals surface area contributed by atoms with E-state index >= 15 is 0 Å². The van der Waals surface area contributed by atoms with Crippen molar-refractivity contribution in [3.05, 3.63) is 83.4 Å². The maximum Gasteiger partial charge on any atom is 0.246 e. The number of benzene rings is 3. The van der Waals surface area contributed by atoms with E-state index in [0.29, 0.717) is 28.2 Å². The molecule has 65 heavy (non-hydrogen) atoms. The number of aliphatic hydroxyl groups excluding tert-OH is 3. The molecular weight excluding hydrogens is 845 g/mol. The molecule has 0 spiro atoms. The van der Waals surface area contributed by atoms with E-state index in [1.54, 1.807) is 60.7 Å². The second-order valence-electron chi connectivity index (χ2n) is 16.9. The zero-order valence-corrected chi connectivity index (χ0v) is 37.6. The van der Waals surface area contributed by atoms with Crippen LogP contribution < -0.4 is 30.2 Å². The summed E-state index contributed by atoms with van der Waals surface area (Å²) in [5.41, 5.74) is 1.74. The lowest BCUT2D eigenvalue weighted by Crippen LogP contribution is -2.61. The lowest BCUT2D eigenvalue weighted by molar-refractivity contribution is -0.268. The summed E-state index contributed by atoms with van der Waals surface area (Å²) in [6, 6.07) is 11.1. The Bertz CT molecular complexity index is 2240. The van der Waals surface area contributed by atoms with Crippen molar-refractivity contribution in [3.8, 4) is 23.0 Å². The molecule has 3 aromatic rings. The number of amides is 6. The van der Waals surface area contributed by atoms with Crippen molar-refractivity contribution in [2.24, 2.45) is 0 Å². The number of nitrogens with zero attached hydrogens (tertiary/aromatic N) is 3. The Labute approximate surface area is 376 Å². The lowest BCUT2D eigenvalue weighted by Gasteiger charge is -2.39. The van der Waals surface area contributed by atoms with E-state index in [9.17, 15) is 44.1 Å². The summed E-state index contributed by atoms with van der Waals surface area (Å²) in [4.78, 5) is 89.0. The molecule has 0 aromatic heterocycles. The van der Waals surface area contributed by atoms with Gasteiger partial charge in [0.15, 0.2) is 11.5 Å². The number of carbonyl (C=O) groups excluding carboxylic acids is 6. The summed E-state index contributed by atoms with van der Waals surface area (Å²) in [6.45, 7) is 5.87. The maximum atomic E-state index is 14.9. The van der Waals surface area contributed by atoms with E-state index in [-0.39, 0.29) is 30.8 Å². The number of ether oxygens (including phenoxy) is 4. The van der Waals surface area contributed by atoms with Gasteiger partial charge in [0, 0.05) is 40.4 Å². The van der Waals surface area contributed by atoms with E-state index in [4.69, 9.17) is 18.9 Å². The molecular formula is C46H58N6O13. The summed E-state index contributed by atoms with van der Waals surface area (Å²) < 4.78 is 23.3. The maximum absolute atomic E-state index is 14.9. The number of fused-ring (bicyclic) bond motifs is 2. The highest BCUT2D eigenvalue weighted by molar-refractivity contribution is 5.98. The molecule has 2 saturated heterocycles. The predicted octanol–water partition coefficient (Wildman–Crippen LogP) is 0.0438. The fourth-order valence-corrected chi connectivity index (χ4v) is 8.00. The molecule has 350 valence electrons. The number of nitrogens with one attached hydrogen (secondary N) is 3. The van der Waals surface area contributed by atoms with Crippen LogP contribution in [0.25, 0.3) is 0 Å². The Morgan fingerprint density at radius 3 is 1.85 bits per heavy atom. The average Bonchev–Trinajstić information content (AvgIpc) is 3.29. The first-order chi connectivity index (χ1) is 30.8. The second kappa shape index (κ2) is 20.3.